The molecule has 2 rings (SSSR count). The van der Waals surface area contributed by atoms with Crippen LogP contribution in [0.3, 0.4) is 0 Å². The molecule has 0 radical (unpaired) electrons. The van der Waals surface area contributed by atoms with E-state index in [4.69, 9.17) is 0 Å². The van der Waals surface area contributed by atoms with Crippen LogP contribution < -0.4 is 10.6 Å². The maximum absolute atomic E-state index is 13.5. The van der Waals surface area contributed by atoms with Crippen LogP contribution in [0.5, 0.6) is 0 Å². The second-order valence-corrected chi connectivity index (χ2v) is 5.02. The quantitative estimate of drug-likeness (QED) is 0.824. The van der Waals surface area contributed by atoms with E-state index in [1.54, 1.807) is 13.8 Å². The highest BCUT2D eigenvalue weighted by Gasteiger charge is 2.40. The maximum atomic E-state index is 13.5. The Morgan fingerprint density at radius 2 is 2.10 bits per heavy atom. The predicted octanol–water partition coefficient (Wildman–Crippen LogP) is 1.71. The summed E-state index contributed by atoms with van der Waals surface area (Å²) in [6, 6.07) is 2.27. The lowest BCUT2D eigenvalue weighted by Gasteiger charge is -2.40. The number of carbonyl (C=O) groups is 2. The van der Waals surface area contributed by atoms with Gasteiger partial charge in [-0.15, -0.1) is 0 Å². The number of piperazine rings is 1. The first-order valence-corrected chi connectivity index (χ1v) is 6.14. The third kappa shape index (κ3) is 2.56. The Labute approximate surface area is 114 Å². The number of amides is 3. The van der Waals surface area contributed by atoms with Gasteiger partial charge in [0.15, 0.2) is 0 Å². The summed E-state index contributed by atoms with van der Waals surface area (Å²) in [5, 5.41) is 5.00. The van der Waals surface area contributed by atoms with Crippen LogP contribution in [0.25, 0.3) is 0 Å². The standard InChI is InChI=1S/C13H15F2N3O2/c1-13(2)11(19)16-5-6-18(13)12(20)17-10-4-3-8(14)7-9(10)15/h3-4,7H,5-6H2,1-2H3,(H,16,19)(H,17,20). The first-order chi connectivity index (χ1) is 9.32. The summed E-state index contributed by atoms with van der Waals surface area (Å²) in [7, 11) is 0. The van der Waals surface area contributed by atoms with Crippen molar-refractivity contribution in [2.24, 2.45) is 0 Å². The molecule has 1 aromatic rings. The number of hydrogen-bond acceptors (Lipinski definition) is 2. The number of carbonyl (C=O) groups excluding carboxylic acids is 2. The third-order valence-corrected chi connectivity index (χ3v) is 3.27. The number of rotatable bonds is 1. The molecule has 7 heteroatoms. The molecule has 0 spiro atoms. The number of urea groups is 1. The first-order valence-electron chi connectivity index (χ1n) is 6.14. The molecular formula is C13H15F2N3O2. The molecule has 2 N–H and O–H groups in total. The zero-order chi connectivity index (χ0) is 14.9. The van der Waals surface area contributed by atoms with Gasteiger partial charge in [0.1, 0.15) is 17.2 Å². The minimum atomic E-state index is -1.03. The number of nitrogens with one attached hydrogen (secondary N) is 2. The molecule has 1 saturated heterocycles. The summed E-state index contributed by atoms with van der Waals surface area (Å²) in [5.74, 6) is -1.87. The zero-order valence-electron chi connectivity index (χ0n) is 11.2. The minimum Gasteiger partial charge on any atom is -0.352 e. The van der Waals surface area contributed by atoms with Gasteiger partial charge in [-0.2, -0.15) is 0 Å². The normalized spacial score (nSPS) is 17.6. The summed E-state index contributed by atoms with van der Waals surface area (Å²) in [5.41, 5.74) is -1.16. The van der Waals surface area contributed by atoms with Crippen LogP contribution in [-0.2, 0) is 4.79 Å². The van der Waals surface area contributed by atoms with E-state index in [9.17, 15) is 18.4 Å². The van der Waals surface area contributed by atoms with E-state index in [1.165, 1.54) is 4.90 Å². The number of halogens is 2. The smallest absolute Gasteiger partial charge is 0.322 e. The molecule has 20 heavy (non-hydrogen) atoms. The van der Waals surface area contributed by atoms with E-state index in [0.29, 0.717) is 19.2 Å². The topological polar surface area (TPSA) is 61.4 Å². The summed E-state index contributed by atoms with van der Waals surface area (Å²) < 4.78 is 26.3. The molecule has 0 aromatic heterocycles. The lowest BCUT2D eigenvalue weighted by atomic mass is 9.99. The van der Waals surface area contributed by atoms with Gasteiger partial charge in [-0.1, -0.05) is 0 Å². The number of anilines is 1. The third-order valence-electron chi connectivity index (χ3n) is 3.27. The van der Waals surface area contributed by atoms with Crippen LogP contribution in [-0.4, -0.2) is 35.5 Å². The van der Waals surface area contributed by atoms with Crippen LogP contribution in [0.15, 0.2) is 18.2 Å². The summed E-state index contributed by atoms with van der Waals surface area (Å²) in [6.07, 6.45) is 0. The SMILES string of the molecule is CC1(C)C(=O)NCCN1C(=O)Nc1ccc(F)cc1F. The van der Waals surface area contributed by atoms with Gasteiger partial charge in [0.05, 0.1) is 5.69 Å². The van der Waals surface area contributed by atoms with Crippen molar-refractivity contribution >= 4 is 17.6 Å². The lowest BCUT2D eigenvalue weighted by Crippen LogP contribution is -2.64. The van der Waals surface area contributed by atoms with E-state index in [0.717, 1.165) is 12.1 Å². The molecule has 3 amide bonds. The van der Waals surface area contributed by atoms with Crippen molar-refractivity contribution < 1.29 is 18.4 Å². The highest BCUT2D eigenvalue weighted by atomic mass is 19.1. The molecule has 0 bridgehead atoms. The largest absolute Gasteiger partial charge is 0.352 e. The average molecular weight is 283 g/mol. The van der Waals surface area contributed by atoms with Gasteiger partial charge < -0.3 is 15.5 Å². The molecule has 1 aliphatic heterocycles. The van der Waals surface area contributed by atoms with Gasteiger partial charge in [-0.05, 0) is 26.0 Å². The molecule has 0 atom stereocenters. The van der Waals surface area contributed by atoms with Crippen LogP contribution in [0.4, 0.5) is 19.3 Å². The fourth-order valence-electron chi connectivity index (χ4n) is 2.03. The second-order valence-electron chi connectivity index (χ2n) is 5.02. The zero-order valence-corrected chi connectivity index (χ0v) is 11.2. The van der Waals surface area contributed by atoms with Gasteiger partial charge in [0.25, 0.3) is 0 Å². The van der Waals surface area contributed by atoms with E-state index < -0.39 is 23.2 Å². The monoisotopic (exact) mass is 283 g/mol. The molecule has 0 aliphatic carbocycles. The lowest BCUT2D eigenvalue weighted by molar-refractivity contribution is -0.132. The Hall–Kier alpha value is -2.18. The summed E-state index contributed by atoms with van der Waals surface area (Å²) >= 11 is 0. The van der Waals surface area contributed by atoms with E-state index in [1.807, 2.05) is 0 Å². The first kappa shape index (κ1) is 14.2. The van der Waals surface area contributed by atoms with Crippen LogP contribution in [0, 0.1) is 11.6 Å². The van der Waals surface area contributed by atoms with Gasteiger partial charge in [0, 0.05) is 19.2 Å². The fourth-order valence-corrected chi connectivity index (χ4v) is 2.03. The molecule has 1 aliphatic rings. The van der Waals surface area contributed by atoms with Gasteiger partial charge in [0.2, 0.25) is 5.91 Å². The van der Waals surface area contributed by atoms with E-state index in [2.05, 4.69) is 10.6 Å². The Balaban J connectivity index is 2.17. The maximum Gasteiger partial charge on any atom is 0.322 e. The molecule has 0 unspecified atom stereocenters. The fraction of sp³-hybridized carbons (Fsp3) is 0.385. The van der Waals surface area contributed by atoms with E-state index >= 15 is 0 Å². The average Bonchev–Trinajstić information content (AvgIpc) is 2.36. The molecular weight excluding hydrogens is 268 g/mol. The van der Waals surface area contributed by atoms with Gasteiger partial charge in [-0.25, -0.2) is 13.6 Å². The highest BCUT2D eigenvalue weighted by Crippen LogP contribution is 2.21. The van der Waals surface area contributed by atoms with Gasteiger partial charge >= 0.3 is 6.03 Å². The number of benzene rings is 1. The van der Waals surface area contributed by atoms with Crippen molar-refractivity contribution in [3.8, 4) is 0 Å². The molecule has 5 nitrogen and oxygen atoms in total. The van der Waals surface area contributed by atoms with Crippen molar-refractivity contribution in [3.63, 3.8) is 0 Å². The van der Waals surface area contributed by atoms with Crippen LogP contribution in [0.2, 0.25) is 0 Å². The van der Waals surface area contributed by atoms with Crippen molar-refractivity contribution in [2.75, 3.05) is 18.4 Å². The Morgan fingerprint density at radius 3 is 2.75 bits per heavy atom. The minimum absolute atomic E-state index is 0.127. The van der Waals surface area contributed by atoms with Gasteiger partial charge in [-0.3, -0.25) is 4.79 Å². The molecule has 1 fully saturated rings. The van der Waals surface area contributed by atoms with Crippen LogP contribution >= 0.6 is 0 Å². The molecule has 1 heterocycles. The van der Waals surface area contributed by atoms with E-state index in [-0.39, 0.29) is 11.6 Å². The highest BCUT2D eigenvalue weighted by molar-refractivity contribution is 5.96. The Bertz CT molecular complexity index is 561. The predicted molar refractivity (Wildman–Crippen MR) is 69.2 cm³/mol. The molecule has 1 aromatic carbocycles. The Morgan fingerprint density at radius 1 is 1.40 bits per heavy atom. The number of nitrogens with zero attached hydrogens (tertiary/aromatic N) is 1. The Kier molecular flexibility index (Phi) is 3.61. The summed E-state index contributed by atoms with van der Waals surface area (Å²) in [6.45, 7) is 3.85. The van der Waals surface area contributed by atoms with Crippen molar-refractivity contribution in [2.45, 2.75) is 19.4 Å². The van der Waals surface area contributed by atoms with Crippen molar-refractivity contribution in [1.29, 1.82) is 0 Å². The van der Waals surface area contributed by atoms with Crippen molar-refractivity contribution in [3.05, 3.63) is 29.8 Å². The number of hydrogen-bond donors (Lipinski definition) is 2. The molecule has 108 valence electrons. The van der Waals surface area contributed by atoms with Crippen LogP contribution in [0.1, 0.15) is 13.8 Å². The molecule has 0 saturated carbocycles. The van der Waals surface area contributed by atoms with Crippen molar-refractivity contribution in [1.82, 2.24) is 10.2 Å². The summed E-state index contributed by atoms with van der Waals surface area (Å²) in [4.78, 5) is 25.2. The second kappa shape index (κ2) is 5.07.